The van der Waals surface area contributed by atoms with E-state index in [1.54, 1.807) is 29.7 Å². The van der Waals surface area contributed by atoms with Crippen LogP contribution in [0.15, 0.2) is 40.2 Å². The Bertz CT molecular complexity index is 640. The lowest BCUT2D eigenvalue weighted by atomic mass is 10.1. The highest BCUT2D eigenvalue weighted by Gasteiger charge is 2.07. The molecule has 0 spiro atoms. The molecule has 1 aromatic heterocycles. The van der Waals surface area contributed by atoms with Crippen LogP contribution in [0.2, 0.25) is 0 Å². The molecule has 0 saturated heterocycles. The number of carbonyl (C=O) groups is 1. The molecule has 1 unspecified atom stereocenters. The summed E-state index contributed by atoms with van der Waals surface area (Å²) in [6.07, 6.45) is 1.65. The van der Waals surface area contributed by atoms with Gasteiger partial charge >= 0.3 is 0 Å². The molecule has 0 aliphatic carbocycles. The first kappa shape index (κ1) is 15.4. The van der Waals surface area contributed by atoms with Gasteiger partial charge in [-0.25, -0.2) is 0 Å². The lowest BCUT2D eigenvalue weighted by molar-refractivity contribution is 0.0951. The lowest BCUT2D eigenvalue weighted by Gasteiger charge is -2.05. The Kier molecular flexibility index (Phi) is 5.51. The first-order valence-electron chi connectivity index (χ1n) is 5.96. The second-order valence-corrected chi connectivity index (χ2v) is 8.29. The van der Waals surface area contributed by atoms with Gasteiger partial charge in [-0.3, -0.25) is 9.00 Å². The second kappa shape index (κ2) is 7.15. The smallest absolute Gasteiger partial charge is 0.251 e. The van der Waals surface area contributed by atoms with Crippen molar-refractivity contribution >= 4 is 44.0 Å². The van der Waals surface area contributed by atoms with Gasteiger partial charge in [-0.15, -0.1) is 11.3 Å². The average Bonchev–Trinajstić information content (AvgIpc) is 2.81. The van der Waals surface area contributed by atoms with E-state index in [2.05, 4.69) is 21.2 Å². The fourth-order valence-electron chi connectivity index (χ4n) is 1.75. The van der Waals surface area contributed by atoms with Crippen molar-refractivity contribution in [2.45, 2.75) is 12.3 Å². The molecule has 3 nitrogen and oxygen atoms in total. The van der Waals surface area contributed by atoms with Crippen LogP contribution in [-0.2, 0) is 23.1 Å². The van der Waals surface area contributed by atoms with Gasteiger partial charge in [0.05, 0.1) is 10.3 Å². The molecule has 0 aliphatic rings. The Balaban J connectivity index is 1.99. The van der Waals surface area contributed by atoms with E-state index in [9.17, 15) is 9.00 Å². The van der Waals surface area contributed by atoms with E-state index in [1.165, 1.54) is 0 Å². The topological polar surface area (TPSA) is 46.2 Å². The highest BCUT2D eigenvalue weighted by Crippen LogP contribution is 2.21. The molecule has 0 aliphatic heterocycles. The van der Waals surface area contributed by atoms with Crippen LogP contribution in [0.3, 0.4) is 0 Å². The number of amides is 1. The first-order chi connectivity index (χ1) is 9.54. The number of nitrogens with one attached hydrogen (secondary N) is 1. The number of thiophene rings is 1. The Morgan fingerprint density at radius 2 is 2.15 bits per heavy atom. The maximum Gasteiger partial charge on any atom is 0.251 e. The molecule has 2 aromatic rings. The Labute approximate surface area is 133 Å². The molecule has 0 bridgehead atoms. The summed E-state index contributed by atoms with van der Waals surface area (Å²) in [7, 11) is -0.904. The normalized spacial score (nSPS) is 12.1. The molecule has 6 heteroatoms. The molecular formula is C14H14BrNO2S2. The van der Waals surface area contributed by atoms with Crippen LogP contribution in [0.1, 0.15) is 20.8 Å². The van der Waals surface area contributed by atoms with E-state index in [4.69, 9.17) is 0 Å². The Morgan fingerprint density at radius 1 is 1.35 bits per heavy atom. The molecule has 0 radical (unpaired) electrons. The maximum absolute atomic E-state index is 12.1. The number of rotatable bonds is 5. The standard InChI is InChI=1S/C14H14BrNO2S2/c1-20(18)9-10-3-2-4-11(7-10)14(17)16-8-12-5-6-13(15)19-12/h2-7H,8-9H2,1H3,(H,16,17). The summed E-state index contributed by atoms with van der Waals surface area (Å²) >= 11 is 4.99. The summed E-state index contributed by atoms with van der Waals surface area (Å²) in [5, 5.41) is 2.88. The zero-order valence-electron chi connectivity index (χ0n) is 10.9. The van der Waals surface area contributed by atoms with Crippen molar-refractivity contribution in [2.24, 2.45) is 0 Å². The van der Waals surface area contributed by atoms with Crippen molar-refractivity contribution < 1.29 is 9.00 Å². The van der Waals surface area contributed by atoms with Crippen LogP contribution in [0.4, 0.5) is 0 Å². The van der Waals surface area contributed by atoms with Crippen molar-refractivity contribution in [2.75, 3.05) is 6.26 Å². The molecule has 0 fully saturated rings. The summed E-state index contributed by atoms with van der Waals surface area (Å²) < 4.78 is 12.3. The second-order valence-electron chi connectivity index (χ2n) is 4.31. The molecule has 106 valence electrons. The van der Waals surface area contributed by atoms with Gasteiger partial charge in [-0.2, -0.15) is 0 Å². The van der Waals surface area contributed by atoms with Gasteiger partial charge in [0.15, 0.2) is 0 Å². The number of hydrogen-bond donors (Lipinski definition) is 1. The van der Waals surface area contributed by atoms with Crippen molar-refractivity contribution in [1.29, 1.82) is 0 Å². The van der Waals surface area contributed by atoms with Gasteiger partial charge in [0.1, 0.15) is 0 Å². The third kappa shape index (κ3) is 4.54. The predicted octanol–water partition coefficient (Wildman–Crippen LogP) is 3.32. The zero-order chi connectivity index (χ0) is 14.5. The zero-order valence-corrected chi connectivity index (χ0v) is 14.1. The summed E-state index contributed by atoms with van der Waals surface area (Å²) in [6.45, 7) is 0.513. The Hall–Kier alpha value is -0.980. The third-order valence-electron chi connectivity index (χ3n) is 2.61. The average molecular weight is 372 g/mol. The molecular weight excluding hydrogens is 358 g/mol. The quantitative estimate of drug-likeness (QED) is 0.875. The van der Waals surface area contributed by atoms with Crippen molar-refractivity contribution in [1.82, 2.24) is 5.32 Å². The maximum atomic E-state index is 12.1. The fraction of sp³-hybridized carbons (Fsp3) is 0.214. The minimum atomic E-state index is -0.904. The number of benzene rings is 1. The molecule has 1 atom stereocenters. The van der Waals surface area contributed by atoms with Crippen molar-refractivity contribution in [3.8, 4) is 0 Å². The molecule has 1 heterocycles. The van der Waals surface area contributed by atoms with Crippen molar-refractivity contribution in [3.63, 3.8) is 0 Å². The van der Waals surface area contributed by atoms with Gasteiger partial charge in [0.25, 0.3) is 5.91 Å². The van der Waals surface area contributed by atoms with Crippen molar-refractivity contribution in [3.05, 3.63) is 56.2 Å². The SMILES string of the molecule is CS(=O)Cc1cccc(C(=O)NCc2ccc(Br)s2)c1. The van der Waals surface area contributed by atoms with Gasteiger partial charge < -0.3 is 5.32 Å². The molecule has 20 heavy (non-hydrogen) atoms. The van der Waals surface area contributed by atoms with E-state index >= 15 is 0 Å². The lowest BCUT2D eigenvalue weighted by Crippen LogP contribution is -2.22. The van der Waals surface area contributed by atoms with Crippen LogP contribution in [0.25, 0.3) is 0 Å². The molecule has 1 aromatic carbocycles. The van der Waals surface area contributed by atoms with E-state index in [-0.39, 0.29) is 5.91 Å². The third-order valence-corrected chi connectivity index (χ3v) is 4.97. The molecule has 2 rings (SSSR count). The fourth-order valence-corrected chi connectivity index (χ4v) is 3.83. The number of carbonyl (C=O) groups excluding carboxylic acids is 1. The van der Waals surface area contributed by atoms with E-state index < -0.39 is 10.8 Å². The molecule has 0 saturated carbocycles. The number of hydrogen-bond acceptors (Lipinski definition) is 3. The van der Waals surface area contributed by atoms with E-state index in [0.717, 1.165) is 14.2 Å². The summed E-state index contributed by atoms with van der Waals surface area (Å²) in [6, 6.07) is 11.2. The number of halogens is 1. The van der Waals surface area contributed by atoms with Crippen LogP contribution >= 0.6 is 27.3 Å². The van der Waals surface area contributed by atoms with Crippen LogP contribution < -0.4 is 5.32 Å². The van der Waals surface area contributed by atoms with Gasteiger partial charge in [0.2, 0.25) is 0 Å². The van der Waals surface area contributed by atoms with Gasteiger partial charge in [0, 0.05) is 33.2 Å². The van der Waals surface area contributed by atoms with Crippen LogP contribution in [0.5, 0.6) is 0 Å². The van der Waals surface area contributed by atoms with E-state index in [0.29, 0.717) is 17.9 Å². The summed E-state index contributed by atoms with van der Waals surface area (Å²) in [4.78, 5) is 13.2. The largest absolute Gasteiger partial charge is 0.347 e. The minimum Gasteiger partial charge on any atom is -0.347 e. The monoisotopic (exact) mass is 371 g/mol. The Morgan fingerprint density at radius 3 is 2.80 bits per heavy atom. The molecule has 1 N–H and O–H groups in total. The summed E-state index contributed by atoms with van der Waals surface area (Å²) in [5.74, 6) is 0.358. The minimum absolute atomic E-state index is 0.113. The predicted molar refractivity (Wildman–Crippen MR) is 87.4 cm³/mol. The highest BCUT2D eigenvalue weighted by molar-refractivity contribution is 9.11. The van der Waals surface area contributed by atoms with Crippen LogP contribution in [0, 0.1) is 0 Å². The van der Waals surface area contributed by atoms with Crippen LogP contribution in [-0.4, -0.2) is 16.4 Å². The summed E-state index contributed by atoms with van der Waals surface area (Å²) in [5.41, 5.74) is 1.51. The van der Waals surface area contributed by atoms with Gasteiger partial charge in [-0.05, 0) is 45.8 Å². The highest BCUT2D eigenvalue weighted by atomic mass is 79.9. The first-order valence-corrected chi connectivity index (χ1v) is 9.29. The van der Waals surface area contributed by atoms with Gasteiger partial charge in [-0.1, -0.05) is 12.1 Å². The van der Waals surface area contributed by atoms with E-state index in [1.807, 2.05) is 24.3 Å². The molecule has 1 amide bonds.